The lowest BCUT2D eigenvalue weighted by molar-refractivity contribution is 0.241. The highest BCUT2D eigenvalue weighted by atomic mass is 16.5. The van der Waals surface area contributed by atoms with E-state index in [0.29, 0.717) is 11.7 Å². The Hall–Kier alpha value is -1.18. The molecule has 0 aromatic heterocycles. The zero-order chi connectivity index (χ0) is 11.4. The molecule has 0 amide bonds. The van der Waals surface area contributed by atoms with E-state index >= 15 is 0 Å². The van der Waals surface area contributed by atoms with Crippen molar-refractivity contribution in [2.75, 3.05) is 0 Å². The van der Waals surface area contributed by atoms with Gasteiger partial charge in [0.15, 0.2) is 0 Å². The van der Waals surface area contributed by atoms with E-state index in [-0.39, 0.29) is 6.10 Å². The number of phenolic OH excluding ortho intramolecular Hbond substituents is 1. The number of hydrogen-bond donors (Lipinski definition) is 1. The third-order valence-corrected chi connectivity index (χ3v) is 2.51. The largest absolute Gasteiger partial charge is 0.508 e. The lowest BCUT2D eigenvalue weighted by Crippen LogP contribution is -2.06. The van der Waals surface area contributed by atoms with Gasteiger partial charge in [-0.15, -0.1) is 0 Å². The summed E-state index contributed by atoms with van der Waals surface area (Å²) in [4.78, 5) is 0. The topological polar surface area (TPSA) is 29.5 Å². The van der Waals surface area contributed by atoms with E-state index in [2.05, 4.69) is 13.8 Å². The Labute approximate surface area is 91.9 Å². The van der Waals surface area contributed by atoms with Gasteiger partial charge < -0.3 is 9.84 Å². The van der Waals surface area contributed by atoms with Crippen LogP contribution in [0, 0.1) is 0 Å². The fourth-order valence-electron chi connectivity index (χ4n) is 1.49. The monoisotopic (exact) mass is 208 g/mol. The number of aromatic hydroxyl groups is 1. The van der Waals surface area contributed by atoms with Gasteiger partial charge in [0, 0.05) is 5.56 Å². The first-order chi connectivity index (χ1) is 7.04. The Kier molecular flexibility index (Phi) is 4.01. The first-order valence-corrected chi connectivity index (χ1v) is 5.54. The summed E-state index contributed by atoms with van der Waals surface area (Å²) in [6.45, 7) is 8.21. The standard InChI is InChI=1S/C13H20O2/c1-5-10(4)12-8-11(15-9(2)3)6-7-13(12)14/h6-10,14H,5H2,1-4H3. The van der Waals surface area contributed by atoms with Gasteiger partial charge in [-0.2, -0.15) is 0 Å². The van der Waals surface area contributed by atoms with Crippen LogP contribution >= 0.6 is 0 Å². The van der Waals surface area contributed by atoms with Gasteiger partial charge in [0.05, 0.1) is 6.10 Å². The molecule has 1 N–H and O–H groups in total. The van der Waals surface area contributed by atoms with Gasteiger partial charge in [-0.1, -0.05) is 13.8 Å². The van der Waals surface area contributed by atoms with Gasteiger partial charge in [-0.25, -0.2) is 0 Å². The molecule has 15 heavy (non-hydrogen) atoms. The molecule has 0 saturated carbocycles. The van der Waals surface area contributed by atoms with Crippen molar-refractivity contribution >= 4 is 0 Å². The Morgan fingerprint density at radius 2 is 1.93 bits per heavy atom. The maximum atomic E-state index is 9.72. The summed E-state index contributed by atoms with van der Waals surface area (Å²) < 4.78 is 5.59. The minimum Gasteiger partial charge on any atom is -0.508 e. The molecule has 2 nitrogen and oxygen atoms in total. The molecular formula is C13H20O2. The van der Waals surface area contributed by atoms with Gasteiger partial charge in [0.2, 0.25) is 0 Å². The number of phenols is 1. The Balaban J connectivity index is 2.94. The number of hydrogen-bond acceptors (Lipinski definition) is 2. The summed E-state index contributed by atoms with van der Waals surface area (Å²) in [6.07, 6.45) is 1.18. The average molecular weight is 208 g/mol. The van der Waals surface area contributed by atoms with Crippen molar-refractivity contribution in [1.82, 2.24) is 0 Å². The van der Waals surface area contributed by atoms with Crippen LogP contribution in [0.5, 0.6) is 11.5 Å². The van der Waals surface area contributed by atoms with E-state index in [9.17, 15) is 5.11 Å². The second-order valence-electron chi connectivity index (χ2n) is 4.20. The van der Waals surface area contributed by atoms with Crippen molar-refractivity contribution in [2.24, 2.45) is 0 Å². The smallest absolute Gasteiger partial charge is 0.120 e. The zero-order valence-corrected chi connectivity index (χ0v) is 9.95. The van der Waals surface area contributed by atoms with Crippen LogP contribution in [0.2, 0.25) is 0 Å². The zero-order valence-electron chi connectivity index (χ0n) is 9.95. The van der Waals surface area contributed by atoms with Gasteiger partial charge in [0.25, 0.3) is 0 Å². The van der Waals surface area contributed by atoms with Crippen LogP contribution in [-0.4, -0.2) is 11.2 Å². The fraction of sp³-hybridized carbons (Fsp3) is 0.538. The van der Waals surface area contributed by atoms with E-state index in [1.807, 2.05) is 19.9 Å². The maximum absolute atomic E-state index is 9.72. The Morgan fingerprint density at radius 1 is 1.27 bits per heavy atom. The first-order valence-electron chi connectivity index (χ1n) is 5.54. The summed E-state index contributed by atoms with van der Waals surface area (Å²) in [5, 5.41) is 9.72. The molecule has 0 heterocycles. The third-order valence-electron chi connectivity index (χ3n) is 2.51. The molecule has 0 fully saturated rings. The molecule has 0 bridgehead atoms. The van der Waals surface area contributed by atoms with Crippen molar-refractivity contribution in [2.45, 2.75) is 46.1 Å². The molecule has 1 rings (SSSR count). The van der Waals surface area contributed by atoms with Crippen LogP contribution < -0.4 is 4.74 Å². The van der Waals surface area contributed by atoms with Crippen molar-refractivity contribution in [3.63, 3.8) is 0 Å². The Morgan fingerprint density at radius 3 is 2.47 bits per heavy atom. The summed E-state index contributed by atoms with van der Waals surface area (Å²) in [5.41, 5.74) is 0.968. The minimum atomic E-state index is 0.166. The molecular weight excluding hydrogens is 188 g/mol. The van der Waals surface area contributed by atoms with E-state index < -0.39 is 0 Å². The summed E-state index contributed by atoms with van der Waals surface area (Å²) in [5.74, 6) is 1.55. The van der Waals surface area contributed by atoms with Crippen LogP contribution in [0.1, 0.15) is 45.6 Å². The Bertz CT molecular complexity index is 318. The first kappa shape index (κ1) is 11.9. The summed E-state index contributed by atoms with van der Waals surface area (Å²) in [6, 6.07) is 5.45. The van der Waals surface area contributed by atoms with Crippen molar-refractivity contribution < 1.29 is 9.84 Å². The molecule has 0 aliphatic heterocycles. The van der Waals surface area contributed by atoms with E-state index in [4.69, 9.17) is 4.74 Å². The molecule has 1 aromatic carbocycles. The molecule has 1 atom stereocenters. The highest BCUT2D eigenvalue weighted by molar-refractivity contribution is 5.41. The van der Waals surface area contributed by atoms with Crippen LogP contribution in [0.4, 0.5) is 0 Å². The molecule has 0 saturated heterocycles. The molecule has 0 aliphatic carbocycles. The molecule has 0 radical (unpaired) electrons. The van der Waals surface area contributed by atoms with E-state index in [1.165, 1.54) is 0 Å². The van der Waals surface area contributed by atoms with E-state index in [0.717, 1.165) is 17.7 Å². The molecule has 1 aromatic rings. The van der Waals surface area contributed by atoms with Crippen LogP contribution in [0.3, 0.4) is 0 Å². The van der Waals surface area contributed by atoms with Crippen molar-refractivity contribution in [3.05, 3.63) is 23.8 Å². The SMILES string of the molecule is CCC(C)c1cc(OC(C)C)ccc1O. The predicted octanol–water partition coefficient (Wildman–Crippen LogP) is 3.69. The predicted molar refractivity (Wildman–Crippen MR) is 62.6 cm³/mol. The molecule has 1 unspecified atom stereocenters. The molecule has 0 spiro atoms. The second kappa shape index (κ2) is 5.06. The fourth-order valence-corrected chi connectivity index (χ4v) is 1.49. The van der Waals surface area contributed by atoms with Gasteiger partial charge >= 0.3 is 0 Å². The summed E-state index contributed by atoms with van der Waals surface area (Å²) >= 11 is 0. The normalized spacial score (nSPS) is 12.9. The highest BCUT2D eigenvalue weighted by Crippen LogP contribution is 2.31. The third kappa shape index (κ3) is 3.15. The van der Waals surface area contributed by atoms with Crippen molar-refractivity contribution in [3.8, 4) is 11.5 Å². The maximum Gasteiger partial charge on any atom is 0.120 e. The number of benzene rings is 1. The second-order valence-corrected chi connectivity index (χ2v) is 4.20. The van der Waals surface area contributed by atoms with Crippen LogP contribution in [0.25, 0.3) is 0 Å². The van der Waals surface area contributed by atoms with Gasteiger partial charge in [0.1, 0.15) is 11.5 Å². The molecule has 0 aliphatic rings. The number of ether oxygens (including phenoxy) is 1. The van der Waals surface area contributed by atoms with E-state index in [1.54, 1.807) is 12.1 Å². The average Bonchev–Trinajstić information content (AvgIpc) is 2.19. The van der Waals surface area contributed by atoms with Gasteiger partial charge in [-0.3, -0.25) is 0 Å². The lowest BCUT2D eigenvalue weighted by atomic mass is 9.97. The number of rotatable bonds is 4. The minimum absolute atomic E-state index is 0.166. The highest BCUT2D eigenvalue weighted by Gasteiger charge is 2.10. The van der Waals surface area contributed by atoms with Crippen LogP contribution in [-0.2, 0) is 0 Å². The molecule has 2 heteroatoms. The van der Waals surface area contributed by atoms with Crippen molar-refractivity contribution in [1.29, 1.82) is 0 Å². The summed E-state index contributed by atoms with van der Waals surface area (Å²) in [7, 11) is 0. The van der Waals surface area contributed by atoms with Gasteiger partial charge in [-0.05, 0) is 44.4 Å². The van der Waals surface area contributed by atoms with Crippen LogP contribution in [0.15, 0.2) is 18.2 Å². The quantitative estimate of drug-likeness (QED) is 0.817. The lowest BCUT2D eigenvalue weighted by Gasteiger charge is -2.15. The molecule has 84 valence electrons.